The third kappa shape index (κ3) is 2.02. The zero-order chi connectivity index (χ0) is 14.2. The van der Waals surface area contributed by atoms with Crippen LogP contribution in [0.4, 0.5) is 0 Å². The molecule has 0 aromatic heterocycles. The van der Waals surface area contributed by atoms with E-state index in [1.807, 2.05) is 6.92 Å². The molecule has 2 rings (SSSR count). The fourth-order valence-corrected chi connectivity index (χ4v) is 3.96. The van der Waals surface area contributed by atoms with E-state index >= 15 is 0 Å². The van der Waals surface area contributed by atoms with Crippen molar-refractivity contribution < 1.29 is 18.3 Å². The van der Waals surface area contributed by atoms with Crippen molar-refractivity contribution >= 4 is 21.6 Å². The second-order valence-corrected chi connectivity index (χ2v) is 6.16. The van der Waals surface area contributed by atoms with Gasteiger partial charge in [-0.25, -0.2) is 8.42 Å². The molecule has 0 spiro atoms. The number of aliphatic hydroxyl groups is 1. The zero-order valence-corrected chi connectivity index (χ0v) is 11.6. The molecule has 1 aliphatic heterocycles. The number of hydrogen-bond donors (Lipinski definition) is 1. The normalized spacial score (nSPS) is 17.3. The molecule has 0 atom stereocenters. The Labute approximate surface area is 112 Å². The highest BCUT2D eigenvalue weighted by molar-refractivity contribution is 7.89. The lowest BCUT2D eigenvalue weighted by Crippen LogP contribution is -2.37. The van der Waals surface area contributed by atoms with Crippen LogP contribution in [-0.2, 0) is 14.8 Å². The van der Waals surface area contributed by atoms with E-state index in [4.69, 9.17) is 0 Å². The van der Waals surface area contributed by atoms with Gasteiger partial charge in [-0.15, -0.1) is 0 Å². The third-order valence-corrected chi connectivity index (χ3v) is 4.80. The number of ketones is 1. The molecule has 102 valence electrons. The molecule has 1 heterocycles. The van der Waals surface area contributed by atoms with Crippen molar-refractivity contribution in [2.24, 2.45) is 0 Å². The van der Waals surface area contributed by atoms with Crippen LogP contribution in [0.3, 0.4) is 0 Å². The number of hydrogen-bond acceptors (Lipinski definition) is 4. The number of benzene rings is 1. The van der Waals surface area contributed by atoms with Gasteiger partial charge in [0, 0.05) is 19.0 Å². The van der Waals surface area contributed by atoms with Crippen molar-refractivity contribution in [3.05, 3.63) is 35.5 Å². The Bertz CT molecular complexity index is 661. The third-order valence-electron chi connectivity index (χ3n) is 2.94. The zero-order valence-electron chi connectivity index (χ0n) is 10.8. The molecule has 19 heavy (non-hydrogen) atoms. The van der Waals surface area contributed by atoms with Gasteiger partial charge in [0.1, 0.15) is 5.70 Å². The number of allylic oxidation sites excluding steroid dienone is 1. The molecule has 1 aliphatic rings. The van der Waals surface area contributed by atoms with Gasteiger partial charge in [-0.2, -0.15) is 0 Å². The summed E-state index contributed by atoms with van der Waals surface area (Å²) in [6.45, 7) is 3.22. The lowest BCUT2D eigenvalue weighted by atomic mass is 10.1. The maximum atomic E-state index is 12.5. The number of fused-ring (bicyclic) bond motifs is 1. The van der Waals surface area contributed by atoms with E-state index in [9.17, 15) is 18.3 Å². The van der Waals surface area contributed by atoms with Crippen LogP contribution in [-0.4, -0.2) is 30.2 Å². The Morgan fingerprint density at radius 1 is 1.32 bits per heavy atom. The first kappa shape index (κ1) is 13.6. The maximum absolute atomic E-state index is 12.5. The highest BCUT2D eigenvalue weighted by Gasteiger charge is 2.37. The largest absolute Gasteiger partial charge is 0.505 e. The average Bonchev–Trinajstić information content (AvgIpc) is 2.36. The summed E-state index contributed by atoms with van der Waals surface area (Å²) in [5, 5.41) is 10.2. The van der Waals surface area contributed by atoms with E-state index in [1.54, 1.807) is 12.1 Å². The Balaban J connectivity index is 2.80. The van der Waals surface area contributed by atoms with Gasteiger partial charge in [0.2, 0.25) is 0 Å². The number of Topliss-reactive ketones (excluding diaryl/α,β-unsaturated/α-hetero) is 1. The summed E-state index contributed by atoms with van der Waals surface area (Å²) in [5.74, 6) is -0.740. The standard InChI is InChI=1S/C13H15NO4S/c1-3-8-14-12(9(2)15)13(16)10-6-4-5-7-11(10)19(14,17)18/h4-7,16H,3,8H2,1-2H3. The Morgan fingerprint density at radius 2 is 1.95 bits per heavy atom. The second kappa shape index (κ2) is 4.70. The molecular weight excluding hydrogens is 266 g/mol. The topological polar surface area (TPSA) is 74.7 Å². The second-order valence-electron chi connectivity index (χ2n) is 4.33. The van der Waals surface area contributed by atoms with Gasteiger partial charge >= 0.3 is 0 Å². The quantitative estimate of drug-likeness (QED) is 0.918. The molecule has 0 unspecified atom stereocenters. The van der Waals surface area contributed by atoms with Crippen LogP contribution in [0.1, 0.15) is 25.8 Å². The van der Waals surface area contributed by atoms with Crippen LogP contribution in [0.25, 0.3) is 5.76 Å². The van der Waals surface area contributed by atoms with E-state index in [0.717, 1.165) is 4.31 Å². The van der Waals surface area contributed by atoms with Crippen LogP contribution < -0.4 is 0 Å². The molecule has 1 N–H and O–H groups in total. The van der Waals surface area contributed by atoms with Gasteiger partial charge in [-0.05, 0) is 18.6 Å². The molecule has 0 amide bonds. The lowest BCUT2D eigenvalue weighted by Gasteiger charge is -2.30. The highest BCUT2D eigenvalue weighted by Crippen LogP contribution is 2.35. The summed E-state index contributed by atoms with van der Waals surface area (Å²) >= 11 is 0. The summed E-state index contributed by atoms with van der Waals surface area (Å²) in [5.41, 5.74) is 0.0283. The molecule has 0 radical (unpaired) electrons. The summed E-state index contributed by atoms with van der Waals surface area (Å²) in [6.07, 6.45) is 0.547. The molecular formula is C13H15NO4S. The fourth-order valence-electron chi connectivity index (χ4n) is 2.15. The van der Waals surface area contributed by atoms with Gasteiger partial charge in [0.05, 0.1) is 4.90 Å². The van der Waals surface area contributed by atoms with Gasteiger partial charge in [0.25, 0.3) is 10.0 Å². The Morgan fingerprint density at radius 3 is 2.53 bits per heavy atom. The van der Waals surface area contributed by atoms with E-state index in [2.05, 4.69) is 0 Å². The molecule has 0 saturated carbocycles. The number of nitrogens with zero attached hydrogens (tertiary/aromatic N) is 1. The predicted octanol–water partition coefficient (Wildman–Crippen LogP) is 1.92. The van der Waals surface area contributed by atoms with Crippen molar-refractivity contribution in [1.82, 2.24) is 4.31 Å². The first-order valence-corrected chi connectivity index (χ1v) is 7.41. The van der Waals surface area contributed by atoms with E-state index in [1.165, 1.54) is 19.1 Å². The van der Waals surface area contributed by atoms with Gasteiger partial charge in [0.15, 0.2) is 11.5 Å². The highest BCUT2D eigenvalue weighted by atomic mass is 32.2. The van der Waals surface area contributed by atoms with Crippen molar-refractivity contribution in [3.8, 4) is 0 Å². The Kier molecular flexibility index (Phi) is 3.36. The minimum atomic E-state index is -3.78. The Hall–Kier alpha value is -1.82. The fraction of sp³-hybridized carbons (Fsp3) is 0.308. The minimum absolute atomic E-state index is 0.0333. The van der Waals surface area contributed by atoms with Gasteiger partial charge in [-0.3, -0.25) is 9.10 Å². The average molecular weight is 281 g/mol. The van der Waals surface area contributed by atoms with Gasteiger partial charge in [-0.1, -0.05) is 19.1 Å². The van der Waals surface area contributed by atoms with Crippen molar-refractivity contribution in [2.45, 2.75) is 25.2 Å². The van der Waals surface area contributed by atoms with E-state index in [0.29, 0.717) is 6.42 Å². The number of carbonyl (C=O) groups is 1. The molecule has 5 nitrogen and oxygen atoms in total. The molecule has 1 aromatic carbocycles. The van der Waals surface area contributed by atoms with Gasteiger partial charge < -0.3 is 5.11 Å². The molecule has 0 fully saturated rings. The van der Waals surface area contributed by atoms with E-state index < -0.39 is 15.8 Å². The van der Waals surface area contributed by atoms with Crippen LogP contribution in [0.5, 0.6) is 0 Å². The predicted molar refractivity (Wildman–Crippen MR) is 70.9 cm³/mol. The summed E-state index contributed by atoms with van der Waals surface area (Å²) in [7, 11) is -3.78. The van der Waals surface area contributed by atoms with Crippen molar-refractivity contribution in [3.63, 3.8) is 0 Å². The summed E-state index contributed by atoms with van der Waals surface area (Å²) in [4.78, 5) is 11.7. The molecule has 0 saturated heterocycles. The van der Waals surface area contributed by atoms with Crippen molar-refractivity contribution in [1.29, 1.82) is 0 Å². The van der Waals surface area contributed by atoms with E-state index in [-0.39, 0.29) is 28.5 Å². The minimum Gasteiger partial charge on any atom is -0.505 e. The number of aliphatic hydroxyl groups excluding tert-OH is 1. The first-order chi connectivity index (χ1) is 8.91. The first-order valence-electron chi connectivity index (χ1n) is 5.97. The molecule has 6 heteroatoms. The summed E-state index contributed by atoms with van der Waals surface area (Å²) < 4.78 is 26.0. The molecule has 0 aliphatic carbocycles. The number of sulfonamides is 1. The number of carbonyl (C=O) groups excluding carboxylic acids is 1. The smallest absolute Gasteiger partial charge is 0.265 e. The monoisotopic (exact) mass is 281 g/mol. The maximum Gasteiger partial charge on any atom is 0.265 e. The molecule has 0 bridgehead atoms. The van der Waals surface area contributed by atoms with Crippen LogP contribution in [0.15, 0.2) is 34.9 Å². The molecule has 1 aromatic rings. The SMILES string of the molecule is CCCN1C(C(C)=O)=C(O)c2ccccc2S1(=O)=O. The number of rotatable bonds is 3. The summed E-state index contributed by atoms with van der Waals surface area (Å²) in [6, 6.07) is 6.14. The van der Waals surface area contributed by atoms with Crippen LogP contribution in [0, 0.1) is 0 Å². The van der Waals surface area contributed by atoms with Crippen LogP contribution >= 0.6 is 0 Å². The van der Waals surface area contributed by atoms with Crippen molar-refractivity contribution in [2.75, 3.05) is 6.54 Å². The van der Waals surface area contributed by atoms with Crippen LogP contribution in [0.2, 0.25) is 0 Å². The lowest BCUT2D eigenvalue weighted by molar-refractivity contribution is -0.114.